The summed E-state index contributed by atoms with van der Waals surface area (Å²) < 4.78 is 5.19. The average Bonchev–Trinajstić information content (AvgIpc) is 3.26. The number of furan rings is 1. The van der Waals surface area contributed by atoms with Crippen LogP contribution in [-0.2, 0) is 11.3 Å². The molecule has 8 heteroatoms. The lowest BCUT2D eigenvalue weighted by atomic mass is 10.2. The van der Waals surface area contributed by atoms with Gasteiger partial charge in [0, 0.05) is 18.1 Å². The summed E-state index contributed by atoms with van der Waals surface area (Å²) in [5.74, 6) is 0.134. The predicted molar refractivity (Wildman–Crippen MR) is 81.4 cm³/mol. The Morgan fingerprint density at radius 1 is 1.55 bits per heavy atom. The van der Waals surface area contributed by atoms with E-state index < -0.39 is 6.04 Å². The maximum Gasteiger partial charge on any atom is 0.257 e. The van der Waals surface area contributed by atoms with Gasteiger partial charge in [-0.15, -0.1) is 11.3 Å². The second-order valence-electron chi connectivity index (χ2n) is 4.99. The Balaban J connectivity index is 1.72. The van der Waals surface area contributed by atoms with Gasteiger partial charge in [0.25, 0.3) is 5.91 Å². The molecule has 1 fully saturated rings. The zero-order valence-electron chi connectivity index (χ0n) is 11.8. The number of rotatable bonds is 4. The minimum absolute atomic E-state index is 0.205. The van der Waals surface area contributed by atoms with E-state index in [0.717, 1.165) is 6.42 Å². The quantitative estimate of drug-likeness (QED) is 0.887. The third-order valence-corrected chi connectivity index (χ3v) is 4.27. The molecule has 0 bridgehead atoms. The topological polar surface area (TPSA) is 101 Å². The minimum Gasteiger partial charge on any atom is -0.467 e. The zero-order valence-corrected chi connectivity index (χ0v) is 12.6. The molecule has 1 atom stereocenters. The number of amides is 2. The molecule has 1 aliphatic heterocycles. The van der Waals surface area contributed by atoms with Crippen LogP contribution in [0.4, 0.5) is 5.13 Å². The van der Waals surface area contributed by atoms with Crippen LogP contribution in [0.2, 0.25) is 0 Å². The predicted octanol–water partition coefficient (Wildman–Crippen LogP) is 1.44. The first kappa shape index (κ1) is 14.7. The van der Waals surface area contributed by atoms with Crippen LogP contribution < -0.4 is 11.1 Å². The standard InChI is InChI=1S/C14H16N4O3S/c15-7-10-6-9(8-21-10)13(20)18-4-1-2-11(18)12(19)17-14-16-3-5-22-14/h3,5-6,8,11H,1-2,4,7,15H2,(H,16,17,19). The van der Waals surface area contributed by atoms with E-state index in [-0.39, 0.29) is 18.4 Å². The van der Waals surface area contributed by atoms with Crippen LogP contribution in [0.15, 0.2) is 28.3 Å². The van der Waals surface area contributed by atoms with Crippen LogP contribution in [-0.4, -0.2) is 34.3 Å². The number of thiazole rings is 1. The van der Waals surface area contributed by atoms with Crippen molar-refractivity contribution in [1.82, 2.24) is 9.88 Å². The maximum atomic E-state index is 12.5. The molecule has 7 nitrogen and oxygen atoms in total. The third kappa shape index (κ3) is 2.88. The van der Waals surface area contributed by atoms with Crippen LogP contribution in [0.5, 0.6) is 0 Å². The van der Waals surface area contributed by atoms with Gasteiger partial charge < -0.3 is 20.4 Å². The van der Waals surface area contributed by atoms with Gasteiger partial charge in [0.05, 0.1) is 12.1 Å². The van der Waals surface area contributed by atoms with Crippen LogP contribution in [0.1, 0.15) is 29.0 Å². The fourth-order valence-electron chi connectivity index (χ4n) is 2.52. The Kier molecular flexibility index (Phi) is 4.21. The second kappa shape index (κ2) is 6.29. The molecule has 2 amide bonds. The van der Waals surface area contributed by atoms with Crippen LogP contribution in [0, 0.1) is 0 Å². The van der Waals surface area contributed by atoms with Gasteiger partial charge in [-0.1, -0.05) is 0 Å². The highest BCUT2D eigenvalue weighted by Gasteiger charge is 2.35. The molecule has 0 spiro atoms. The number of nitrogens with zero attached hydrogens (tertiary/aromatic N) is 2. The van der Waals surface area contributed by atoms with Gasteiger partial charge in [-0.25, -0.2) is 4.98 Å². The Morgan fingerprint density at radius 2 is 2.41 bits per heavy atom. The normalized spacial score (nSPS) is 17.7. The molecule has 1 unspecified atom stereocenters. The van der Waals surface area contributed by atoms with E-state index in [1.807, 2.05) is 0 Å². The molecule has 22 heavy (non-hydrogen) atoms. The van der Waals surface area contributed by atoms with E-state index in [0.29, 0.717) is 29.4 Å². The first-order chi connectivity index (χ1) is 10.7. The van der Waals surface area contributed by atoms with Gasteiger partial charge >= 0.3 is 0 Å². The molecule has 2 aromatic rings. The highest BCUT2D eigenvalue weighted by molar-refractivity contribution is 7.13. The Labute approximate surface area is 131 Å². The molecule has 0 aliphatic carbocycles. The Bertz CT molecular complexity index is 667. The van der Waals surface area contributed by atoms with Crippen molar-refractivity contribution in [3.8, 4) is 0 Å². The van der Waals surface area contributed by atoms with E-state index in [1.165, 1.54) is 17.6 Å². The van der Waals surface area contributed by atoms with Crippen LogP contribution in [0.25, 0.3) is 0 Å². The van der Waals surface area contributed by atoms with Crippen LogP contribution in [0.3, 0.4) is 0 Å². The first-order valence-electron chi connectivity index (χ1n) is 6.98. The van der Waals surface area contributed by atoms with Gasteiger partial charge in [0.15, 0.2) is 5.13 Å². The third-order valence-electron chi connectivity index (χ3n) is 3.58. The summed E-state index contributed by atoms with van der Waals surface area (Å²) in [6.45, 7) is 0.791. The SMILES string of the molecule is NCc1cc(C(=O)N2CCCC2C(=O)Nc2nccs2)co1. The molecule has 1 saturated heterocycles. The van der Waals surface area contributed by atoms with E-state index in [9.17, 15) is 9.59 Å². The molecule has 0 radical (unpaired) electrons. The second-order valence-corrected chi connectivity index (χ2v) is 5.88. The number of nitrogens with one attached hydrogen (secondary N) is 1. The summed E-state index contributed by atoms with van der Waals surface area (Å²) >= 11 is 1.35. The van der Waals surface area contributed by atoms with E-state index in [4.69, 9.17) is 10.2 Å². The van der Waals surface area contributed by atoms with Crippen molar-refractivity contribution in [3.05, 3.63) is 35.2 Å². The van der Waals surface area contributed by atoms with Gasteiger partial charge in [-0.2, -0.15) is 0 Å². The Hall–Kier alpha value is -2.19. The van der Waals surface area contributed by atoms with Gasteiger partial charge in [0.1, 0.15) is 18.1 Å². The van der Waals surface area contributed by atoms with Crippen molar-refractivity contribution in [3.63, 3.8) is 0 Å². The molecular formula is C14H16N4O3S. The molecule has 3 heterocycles. The Morgan fingerprint density at radius 3 is 3.09 bits per heavy atom. The molecule has 2 aromatic heterocycles. The van der Waals surface area contributed by atoms with Crippen molar-refractivity contribution < 1.29 is 14.0 Å². The number of hydrogen-bond acceptors (Lipinski definition) is 6. The lowest BCUT2D eigenvalue weighted by molar-refractivity contribution is -0.119. The summed E-state index contributed by atoms with van der Waals surface area (Å²) in [5.41, 5.74) is 5.90. The molecular weight excluding hydrogens is 304 g/mol. The minimum atomic E-state index is -0.479. The van der Waals surface area contributed by atoms with E-state index in [1.54, 1.807) is 22.5 Å². The highest BCUT2D eigenvalue weighted by atomic mass is 32.1. The summed E-state index contributed by atoms with van der Waals surface area (Å²) in [5, 5.41) is 5.07. The molecule has 3 N–H and O–H groups in total. The summed E-state index contributed by atoms with van der Waals surface area (Å²) in [6, 6.07) is 1.14. The van der Waals surface area contributed by atoms with Crippen molar-refractivity contribution in [2.75, 3.05) is 11.9 Å². The van der Waals surface area contributed by atoms with E-state index in [2.05, 4.69) is 10.3 Å². The molecule has 3 rings (SSSR count). The van der Waals surface area contributed by atoms with Gasteiger partial charge in [-0.05, 0) is 18.9 Å². The van der Waals surface area contributed by atoms with Crippen molar-refractivity contribution >= 4 is 28.3 Å². The van der Waals surface area contributed by atoms with Crippen molar-refractivity contribution in [2.45, 2.75) is 25.4 Å². The maximum absolute atomic E-state index is 12.5. The van der Waals surface area contributed by atoms with Gasteiger partial charge in [-0.3, -0.25) is 9.59 Å². The fraction of sp³-hybridized carbons (Fsp3) is 0.357. The molecule has 0 aromatic carbocycles. The summed E-state index contributed by atoms with van der Waals surface area (Å²) in [4.78, 5) is 30.5. The summed E-state index contributed by atoms with van der Waals surface area (Å²) in [7, 11) is 0. The number of hydrogen-bond donors (Lipinski definition) is 2. The smallest absolute Gasteiger partial charge is 0.257 e. The average molecular weight is 320 g/mol. The van der Waals surface area contributed by atoms with Gasteiger partial charge in [0.2, 0.25) is 5.91 Å². The number of carbonyl (C=O) groups is 2. The number of carbonyl (C=O) groups excluding carboxylic acids is 2. The fourth-order valence-corrected chi connectivity index (χ4v) is 3.05. The lowest BCUT2D eigenvalue weighted by Crippen LogP contribution is -2.43. The van der Waals surface area contributed by atoms with Crippen molar-refractivity contribution in [2.24, 2.45) is 5.73 Å². The number of nitrogens with two attached hydrogens (primary N) is 1. The number of anilines is 1. The number of aromatic nitrogens is 1. The molecule has 0 saturated carbocycles. The molecule has 1 aliphatic rings. The summed E-state index contributed by atoms with van der Waals surface area (Å²) in [6.07, 6.45) is 4.45. The monoisotopic (exact) mass is 320 g/mol. The number of likely N-dealkylation sites (tertiary alicyclic amines) is 1. The highest BCUT2D eigenvalue weighted by Crippen LogP contribution is 2.23. The van der Waals surface area contributed by atoms with E-state index >= 15 is 0 Å². The first-order valence-corrected chi connectivity index (χ1v) is 7.86. The zero-order chi connectivity index (χ0) is 15.5. The molecule has 116 valence electrons. The largest absolute Gasteiger partial charge is 0.467 e. The lowest BCUT2D eigenvalue weighted by Gasteiger charge is -2.22. The van der Waals surface area contributed by atoms with Crippen molar-refractivity contribution in [1.29, 1.82) is 0 Å². The van der Waals surface area contributed by atoms with Crippen LogP contribution >= 0.6 is 11.3 Å².